The summed E-state index contributed by atoms with van der Waals surface area (Å²) < 4.78 is 4.67. The first-order chi connectivity index (χ1) is 13.8. The van der Waals surface area contributed by atoms with E-state index in [4.69, 9.17) is 0 Å². The zero-order valence-corrected chi connectivity index (χ0v) is 17.2. The van der Waals surface area contributed by atoms with E-state index in [-0.39, 0.29) is 17.7 Å². The third-order valence-corrected chi connectivity index (χ3v) is 5.35. The lowest BCUT2D eigenvalue weighted by molar-refractivity contribution is -0.131. The van der Waals surface area contributed by atoms with Crippen LogP contribution in [0.4, 0.5) is 11.4 Å². The monoisotopic (exact) mass is 394 g/mol. The molecule has 1 aliphatic carbocycles. The van der Waals surface area contributed by atoms with E-state index >= 15 is 0 Å². The Morgan fingerprint density at radius 1 is 0.966 bits per heavy atom. The summed E-state index contributed by atoms with van der Waals surface area (Å²) in [4.78, 5) is 37.4. The number of hydrogen-bond donors (Lipinski definition) is 2. The molecule has 1 fully saturated rings. The van der Waals surface area contributed by atoms with Crippen LogP contribution in [0.5, 0.6) is 0 Å². The number of ether oxygens (including phenoxy) is 1. The van der Waals surface area contributed by atoms with Crippen LogP contribution in [0.15, 0.2) is 42.5 Å². The molecule has 2 aromatic carbocycles. The molecule has 0 radical (unpaired) electrons. The van der Waals surface area contributed by atoms with Gasteiger partial charge in [-0.1, -0.05) is 32.0 Å². The first-order valence-electron chi connectivity index (χ1n) is 9.69. The van der Waals surface area contributed by atoms with Crippen LogP contribution in [0.2, 0.25) is 0 Å². The Labute approximate surface area is 170 Å². The van der Waals surface area contributed by atoms with Crippen LogP contribution < -0.4 is 10.6 Å². The van der Waals surface area contributed by atoms with Crippen molar-refractivity contribution in [1.82, 2.24) is 0 Å². The maximum absolute atomic E-state index is 13.0. The molecule has 0 heterocycles. The van der Waals surface area contributed by atoms with Gasteiger partial charge in [0.15, 0.2) is 0 Å². The molecule has 6 heteroatoms. The van der Waals surface area contributed by atoms with Crippen molar-refractivity contribution in [2.24, 2.45) is 5.41 Å². The second-order valence-corrected chi connectivity index (χ2v) is 7.75. The number of benzene rings is 2. The van der Waals surface area contributed by atoms with Gasteiger partial charge in [0.25, 0.3) is 0 Å². The van der Waals surface area contributed by atoms with E-state index in [2.05, 4.69) is 29.2 Å². The molecule has 0 bridgehead atoms. The van der Waals surface area contributed by atoms with Gasteiger partial charge in [-0.25, -0.2) is 4.79 Å². The molecule has 0 saturated heterocycles. The summed E-state index contributed by atoms with van der Waals surface area (Å²) in [5, 5.41) is 5.80. The van der Waals surface area contributed by atoms with Gasteiger partial charge in [-0.3, -0.25) is 9.59 Å². The van der Waals surface area contributed by atoms with Crippen LogP contribution in [0.1, 0.15) is 54.1 Å². The van der Waals surface area contributed by atoms with Crippen molar-refractivity contribution in [3.8, 4) is 0 Å². The average Bonchev–Trinajstić information content (AvgIpc) is 3.51. The summed E-state index contributed by atoms with van der Waals surface area (Å²) in [6, 6.07) is 12.3. The second kappa shape index (κ2) is 8.07. The molecular weight excluding hydrogens is 368 g/mol. The van der Waals surface area contributed by atoms with E-state index in [0.29, 0.717) is 24.1 Å². The molecule has 0 aliphatic heterocycles. The van der Waals surface area contributed by atoms with Gasteiger partial charge < -0.3 is 15.4 Å². The lowest BCUT2D eigenvalue weighted by atomic mass is 9.97. The van der Waals surface area contributed by atoms with Gasteiger partial charge in [0.2, 0.25) is 11.8 Å². The first kappa shape index (κ1) is 20.6. The zero-order valence-electron chi connectivity index (χ0n) is 17.2. The van der Waals surface area contributed by atoms with Gasteiger partial charge in [-0.05, 0) is 61.1 Å². The highest BCUT2D eigenvalue weighted by molar-refractivity contribution is 6.17. The van der Waals surface area contributed by atoms with Crippen molar-refractivity contribution in [1.29, 1.82) is 0 Å². The number of hydrogen-bond acceptors (Lipinski definition) is 4. The Bertz CT molecular complexity index is 944. The molecule has 0 atom stereocenters. The van der Waals surface area contributed by atoms with Crippen molar-refractivity contribution in [2.75, 3.05) is 17.7 Å². The number of rotatable bonds is 6. The Balaban J connectivity index is 1.74. The summed E-state index contributed by atoms with van der Waals surface area (Å²) in [5.41, 5.74) is 2.67. The Kier molecular flexibility index (Phi) is 5.73. The lowest BCUT2D eigenvalue weighted by Gasteiger charge is -2.20. The van der Waals surface area contributed by atoms with Gasteiger partial charge in [-0.2, -0.15) is 0 Å². The average molecular weight is 394 g/mol. The summed E-state index contributed by atoms with van der Waals surface area (Å²) in [6.45, 7) is 6.09. The molecule has 152 valence electrons. The molecule has 2 aromatic rings. The van der Waals surface area contributed by atoms with Crippen LogP contribution in [0.3, 0.4) is 0 Å². The van der Waals surface area contributed by atoms with Gasteiger partial charge >= 0.3 is 5.97 Å². The molecule has 0 aromatic heterocycles. The van der Waals surface area contributed by atoms with E-state index in [1.54, 1.807) is 24.3 Å². The Morgan fingerprint density at radius 2 is 1.59 bits per heavy atom. The largest absolute Gasteiger partial charge is 0.465 e. The number of para-hydroxylation sites is 1. The number of esters is 1. The van der Waals surface area contributed by atoms with Crippen molar-refractivity contribution in [3.63, 3.8) is 0 Å². The van der Waals surface area contributed by atoms with Crippen LogP contribution in [0.25, 0.3) is 0 Å². The van der Waals surface area contributed by atoms with E-state index in [9.17, 15) is 14.4 Å². The minimum absolute atomic E-state index is 0.252. The number of nitrogens with one attached hydrogen (secondary N) is 2. The molecule has 0 unspecified atom stereocenters. The van der Waals surface area contributed by atoms with Crippen LogP contribution in [-0.2, 0) is 14.3 Å². The number of anilines is 2. The molecule has 29 heavy (non-hydrogen) atoms. The highest BCUT2D eigenvalue weighted by atomic mass is 16.5. The fraction of sp³-hybridized carbons (Fsp3) is 0.348. The lowest BCUT2D eigenvalue weighted by Crippen LogP contribution is -2.36. The van der Waals surface area contributed by atoms with E-state index in [0.717, 1.165) is 16.8 Å². The predicted molar refractivity (Wildman–Crippen MR) is 112 cm³/mol. The van der Waals surface area contributed by atoms with Gasteiger partial charge in [0.1, 0.15) is 5.41 Å². The van der Waals surface area contributed by atoms with Gasteiger partial charge in [0.05, 0.1) is 12.7 Å². The highest BCUT2D eigenvalue weighted by Crippen LogP contribution is 2.48. The summed E-state index contributed by atoms with van der Waals surface area (Å²) in [5.74, 6) is -0.805. The standard InChI is InChI=1S/C23H26N2O4/c1-14(2)18-7-5-6-15(3)19(18)25-22(28)23(12-13-23)21(27)24-17-10-8-16(9-11-17)20(26)29-4/h5-11,14H,12-13H2,1-4H3,(H,24,27)(H,25,28). The minimum atomic E-state index is -1.06. The third kappa shape index (κ3) is 4.16. The Hall–Kier alpha value is -3.15. The SMILES string of the molecule is COC(=O)c1ccc(NC(=O)C2(C(=O)Nc3c(C)cccc3C(C)C)CC2)cc1. The van der Waals surface area contributed by atoms with Crippen LogP contribution >= 0.6 is 0 Å². The van der Waals surface area contributed by atoms with E-state index in [1.807, 2.05) is 25.1 Å². The topological polar surface area (TPSA) is 84.5 Å². The predicted octanol–water partition coefficient (Wildman–Crippen LogP) is 4.26. The number of methoxy groups -OCH3 is 1. The first-order valence-corrected chi connectivity index (χ1v) is 9.69. The summed E-state index contributed by atoms with van der Waals surface area (Å²) in [6.07, 6.45) is 1.02. The highest BCUT2D eigenvalue weighted by Gasteiger charge is 2.56. The number of aryl methyl sites for hydroxylation is 1. The smallest absolute Gasteiger partial charge is 0.337 e. The molecule has 2 amide bonds. The Morgan fingerprint density at radius 3 is 2.14 bits per heavy atom. The van der Waals surface area contributed by atoms with Crippen LogP contribution in [0, 0.1) is 12.3 Å². The second-order valence-electron chi connectivity index (χ2n) is 7.75. The van der Waals surface area contributed by atoms with Crippen molar-refractivity contribution in [3.05, 3.63) is 59.2 Å². The van der Waals surface area contributed by atoms with E-state index in [1.165, 1.54) is 7.11 Å². The van der Waals surface area contributed by atoms with Crippen molar-refractivity contribution >= 4 is 29.2 Å². The number of carbonyl (C=O) groups is 3. The molecule has 1 saturated carbocycles. The number of amides is 2. The maximum atomic E-state index is 13.0. The summed E-state index contributed by atoms with van der Waals surface area (Å²) >= 11 is 0. The fourth-order valence-corrected chi connectivity index (χ4v) is 3.32. The third-order valence-electron chi connectivity index (χ3n) is 5.35. The normalized spacial score (nSPS) is 14.2. The van der Waals surface area contributed by atoms with Gasteiger partial charge in [-0.15, -0.1) is 0 Å². The van der Waals surface area contributed by atoms with Crippen LogP contribution in [-0.4, -0.2) is 24.9 Å². The molecular formula is C23H26N2O4. The van der Waals surface area contributed by atoms with Gasteiger partial charge in [0, 0.05) is 11.4 Å². The molecule has 2 N–H and O–H groups in total. The van der Waals surface area contributed by atoms with E-state index < -0.39 is 11.4 Å². The van der Waals surface area contributed by atoms with Crippen molar-refractivity contribution < 1.29 is 19.1 Å². The molecule has 1 aliphatic rings. The zero-order chi connectivity index (χ0) is 21.2. The fourth-order valence-electron chi connectivity index (χ4n) is 3.32. The maximum Gasteiger partial charge on any atom is 0.337 e. The molecule has 0 spiro atoms. The number of carbonyl (C=O) groups excluding carboxylic acids is 3. The molecule has 3 rings (SSSR count). The quantitative estimate of drug-likeness (QED) is 0.566. The van der Waals surface area contributed by atoms with Crippen molar-refractivity contribution in [2.45, 2.75) is 39.5 Å². The summed E-state index contributed by atoms with van der Waals surface area (Å²) in [7, 11) is 1.31. The minimum Gasteiger partial charge on any atom is -0.465 e. The molecule has 6 nitrogen and oxygen atoms in total.